The van der Waals surface area contributed by atoms with Gasteiger partial charge in [0.15, 0.2) is 0 Å². The quantitative estimate of drug-likeness (QED) is 0.866. The van der Waals surface area contributed by atoms with Crippen LogP contribution in [-0.2, 0) is 4.79 Å². The molecule has 1 aromatic heterocycles. The number of rotatable bonds is 4. The number of nitrogens with one attached hydrogen (secondary N) is 1. The molecule has 4 heteroatoms. The zero-order valence-corrected chi connectivity index (χ0v) is 13.0. The Labute approximate surface area is 135 Å². The van der Waals surface area contributed by atoms with Crippen molar-refractivity contribution in [3.63, 3.8) is 0 Å². The number of hydrogen-bond acceptors (Lipinski definition) is 3. The first-order chi connectivity index (χ1) is 11.3. The van der Waals surface area contributed by atoms with E-state index in [4.69, 9.17) is 0 Å². The third kappa shape index (κ3) is 3.83. The number of pyridine rings is 1. The Morgan fingerprint density at radius 1 is 1.00 bits per heavy atom. The second-order valence-electron chi connectivity index (χ2n) is 6.00. The lowest BCUT2D eigenvalue weighted by Crippen LogP contribution is -2.25. The minimum absolute atomic E-state index is 0.0836. The fraction of sp³-hybridized carbons (Fsp3) is 0.316. The van der Waals surface area contributed by atoms with Crippen molar-refractivity contribution in [2.24, 2.45) is 5.92 Å². The van der Waals surface area contributed by atoms with Crippen LogP contribution >= 0.6 is 0 Å². The number of amides is 1. The summed E-state index contributed by atoms with van der Waals surface area (Å²) in [5.41, 5.74) is 2.60. The van der Waals surface area contributed by atoms with Crippen molar-refractivity contribution in [3.05, 3.63) is 48.2 Å². The number of benzene rings is 1. The monoisotopic (exact) mass is 308 g/mol. The van der Waals surface area contributed by atoms with E-state index in [9.17, 15) is 9.59 Å². The van der Waals surface area contributed by atoms with Crippen molar-refractivity contribution in [1.82, 2.24) is 4.98 Å². The molecule has 1 fully saturated rings. The van der Waals surface area contributed by atoms with E-state index in [1.807, 2.05) is 24.3 Å². The first-order valence-electron chi connectivity index (χ1n) is 8.09. The first-order valence-corrected chi connectivity index (χ1v) is 8.09. The highest BCUT2D eigenvalue weighted by Gasteiger charge is 2.21. The molecule has 0 unspecified atom stereocenters. The van der Waals surface area contributed by atoms with Crippen molar-refractivity contribution in [2.45, 2.75) is 32.1 Å². The fourth-order valence-corrected chi connectivity index (χ4v) is 2.99. The highest BCUT2D eigenvalue weighted by atomic mass is 16.2. The lowest BCUT2D eigenvalue weighted by Gasteiger charge is -2.20. The molecule has 0 bridgehead atoms. The van der Waals surface area contributed by atoms with Crippen LogP contribution in [-0.4, -0.2) is 17.2 Å². The summed E-state index contributed by atoms with van der Waals surface area (Å²) in [7, 11) is 0. The van der Waals surface area contributed by atoms with Gasteiger partial charge in [0.2, 0.25) is 5.91 Å². The Kier molecular flexibility index (Phi) is 4.81. The molecule has 1 saturated carbocycles. The van der Waals surface area contributed by atoms with Crippen LogP contribution in [0.25, 0.3) is 11.1 Å². The van der Waals surface area contributed by atoms with Crippen LogP contribution in [0.15, 0.2) is 42.6 Å². The number of nitrogens with zero attached hydrogens (tertiary/aromatic N) is 1. The van der Waals surface area contributed by atoms with E-state index in [1.165, 1.54) is 6.42 Å². The predicted molar refractivity (Wildman–Crippen MR) is 90.3 cm³/mol. The number of carbonyl (C=O) groups is 2. The van der Waals surface area contributed by atoms with E-state index in [0.29, 0.717) is 11.4 Å². The number of carbonyl (C=O) groups excluding carboxylic acids is 2. The van der Waals surface area contributed by atoms with Crippen molar-refractivity contribution < 1.29 is 9.59 Å². The van der Waals surface area contributed by atoms with Crippen molar-refractivity contribution in [2.75, 3.05) is 5.32 Å². The number of hydrogen-bond donors (Lipinski definition) is 1. The molecule has 1 N–H and O–H groups in total. The second-order valence-corrected chi connectivity index (χ2v) is 6.00. The van der Waals surface area contributed by atoms with E-state index in [2.05, 4.69) is 10.3 Å². The zero-order valence-electron chi connectivity index (χ0n) is 13.0. The average Bonchev–Trinajstić information content (AvgIpc) is 2.63. The van der Waals surface area contributed by atoms with Crippen LogP contribution in [0.5, 0.6) is 0 Å². The van der Waals surface area contributed by atoms with E-state index in [0.717, 1.165) is 43.1 Å². The number of aromatic nitrogens is 1. The zero-order chi connectivity index (χ0) is 16.1. The van der Waals surface area contributed by atoms with Gasteiger partial charge in [-0.3, -0.25) is 9.59 Å². The van der Waals surface area contributed by atoms with Crippen molar-refractivity contribution in [1.29, 1.82) is 0 Å². The molecular weight excluding hydrogens is 288 g/mol. The predicted octanol–water partition coefficient (Wildman–Crippen LogP) is 4.08. The molecular formula is C19H20N2O2. The van der Waals surface area contributed by atoms with Gasteiger partial charge in [-0.25, -0.2) is 4.98 Å². The molecule has 118 valence electrons. The van der Waals surface area contributed by atoms with Gasteiger partial charge < -0.3 is 5.32 Å². The van der Waals surface area contributed by atoms with Crippen LogP contribution in [0, 0.1) is 5.92 Å². The normalized spacial score (nSPS) is 15.1. The lowest BCUT2D eigenvalue weighted by molar-refractivity contribution is -0.120. The van der Waals surface area contributed by atoms with Crippen LogP contribution < -0.4 is 5.32 Å². The summed E-state index contributed by atoms with van der Waals surface area (Å²) in [5.74, 6) is 0.801. The van der Waals surface area contributed by atoms with E-state index < -0.39 is 0 Å². The molecule has 1 heterocycles. The maximum atomic E-state index is 12.2. The third-order valence-corrected chi connectivity index (χ3v) is 4.37. The third-order valence-electron chi connectivity index (χ3n) is 4.37. The van der Waals surface area contributed by atoms with Crippen LogP contribution in [0.2, 0.25) is 0 Å². The standard InChI is InChI=1S/C19H20N2O2/c22-13-14-6-8-15(9-7-14)17-10-11-18(20-12-17)21-19(23)16-4-2-1-3-5-16/h6-13,16H,1-5H2,(H,20,21,23). The van der Waals surface area contributed by atoms with Crippen LogP contribution in [0.3, 0.4) is 0 Å². The largest absolute Gasteiger partial charge is 0.310 e. The molecule has 0 aliphatic heterocycles. The summed E-state index contributed by atoms with van der Waals surface area (Å²) >= 11 is 0. The van der Waals surface area contributed by atoms with Crippen LogP contribution in [0.4, 0.5) is 5.82 Å². The highest BCUT2D eigenvalue weighted by molar-refractivity contribution is 5.91. The highest BCUT2D eigenvalue weighted by Crippen LogP contribution is 2.25. The summed E-state index contributed by atoms with van der Waals surface area (Å²) < 4.78 is 0. The summed E-state index contributed by atoms with van der Waals surface area (Å²) in [5, 5.41) is 2.91. The number of anilines is 1. The van der Waals surface area contributed by atoms with E-state index in [-0.39, 0.29) is 11.8 Å². The average molecular weight is 308 g/mol. The molecule has 3 rings (SSSR count). The first kappa shape index (κ1) is 15.4. The van der Waals surface area contributed by atoms with Gasteiger partial charge in [-0.1, -0.05) is 43.5 Å². The smallest absolute Gasteiger partial charge is 0.228 e. The fourth-order valence-electron chi connectivity index (χ4n) is 2.99. The summed E-state index contributed by atoms with van der Waals surface area (Å²) in [6.45, 7) is 0. The van der Waals surface area contributed by atoms with E-state index >= 15 is 0 Å². The molecule has 0 saturated heterocycles. The molecule has 1 aliphatic rings. The Morgan fingerprint density at radius 3 is 2.30 bits per heavy atom. The molecule has 0 radical (unpaired) electrons. The van der Waals surface area contributed by atoms with Gasteiger partial charge in [-0.05, 0) is 30.5 Å². The Balaban J connectivity index is 1.66. The Morgan fingerprint density at radius 2 is 1.70 bits per heavy atom. The van der Waals surface area contributed by atoms with Crippen LogP contribution in [0.1, 0.15) is 42.5 Å². The Bertz CT molecular complexity index is 672. The number of aldehydes is 1. The van der Waals surface area contributed by atoms with Crippen molar-refractivity contribution >= 4 is 18.0 Å². The summed E-state index contributed by atoms with van der Waals surface area (Å²) in [6, 6.07) is 11.1. The van der Waals surface area contributed by atoms with Gasteiger partial charge in [0, 0.05) is 23.2 Å². The minimum atomic E-state index is 0.0836. The maximum Gasteiger partial charge on any atom is 0.228 e. The lowest BCUT2D eigenvalue weighted by atomic mass is 9.89. The minimum Gasteiger partial charge on any atom is -0.310 e. The Hall–Kier alpha value is -2.49. The molecule has 1 aromatic carbocycles. The molecule has 0 atom stereocenters. The molecule has 1 aliphatic carbocycles. The molecule has 4 nitrogen and oxygen atoms in total. The summed E-state index contributed by atoms with van der Waals surface area (Å²) in [6.07, 6.45) is 8.04. The van der Waals surface area contributed by atoms with Gasteiger partial charge in [0.25, 0.3) is 0 Å². The SMILES string of the molecule is O=Cc1ccc(-c2ccc(NC(=O)C3CCCCC3)nc2)cc1. The van der Waals surface area contributed by atoms with Gasteiger partial charge in [-0.2, -0.15) is 0 Å². The topological polar surface area (TPSA) is 59.1 Å². The summed E-state index contributed by atoms with van der Waals surface area (Å²) in [4.78, 5) is 27.2. The van der Waals surface area contributed by atoms with Gasteiger partial charge >= 0.3 is 0 Å². The van der Waals surface area contributed by atoms with Gasteiger partial charge in [0.05, 0.1) is 0 Å². The molecule has 2 aromatic rings. The second kappa shape index (κ2) is 7.18. The van der Waals surface area contributed by atoms with Crippen molar-refractivity contribution in [3.8, 4) is 11.1 Å². The molecule has 0 spiro atoms. The van der Waals surface area contributed by atoms with E-state index in [1.54, 1.807) is 18.3 Å². The molecule has 1 amide bonds. The maximum absolute atomic E-state index is 12.2. The van der Waals surface area contributed by atoms with Gasteiger partial charge in [0.1, 0.15) is 12.1 Å². The van der Waals surface area contributed by atoms with Gasteiger partial charge in [-0.15, -0.1) is 0 Å². The molecule has 23 heavy (non-hydrogen) atoms.